The fraction of sp³-hybridized carbons (Fsp3) is 0. The van der Waals surface area contributed by atoms with Gasteiger partial charge in [-0.1, -0.05) is 127 Å². The fourth-order valence-corrected chi connectivity index (χ4v) is 14.0. The molecular weight excluding hydrogens is 877 g/mol. The lowest BCUT2D eigenvalue weighted by atomic mass is 10.0. The predicted molar refractivity (Wildman–Crippen MR) is 257 cm³/mol. The zero-order valence-corrected chi connectivity index (χ0v) is 36.7. The van der Waals surface area contributed by atoms with Crippen LogP contribution in [0.2, 0.25) is 0 Å². The molecule has 2 aliphatic rings. The molecule has 9 aromatic carbocycles. The van der Waals surface area contributed by atoms with Crippen molar-refractivity contribution in [2.75, 3.05) is 0 Å². The van der Waals surface area contributed by atoms with Crippen molar-refractivity contribution in [2.45, 2.75) is 0 Å². The normalized spacial score (nSPS) is 16.8. The second-order valence-electron chi connectivity index (χ2n) is 15.2. The monoisotopic (exact) mass is 913 g/mol. The Labute approximate surface area is 372 Å². The molecule has 0 amide bonds. The summed E-state index contributed by atoms with van der Waals surface area (Å²) in [5.74, 6) is 0.562. The Balaban J connectivity index is 0.000000119. The largest absolute Gasteiger partial charge is 0.597 e. The highest BCUT2D eigenvalue weighted by Crippen LogP contribution is 2.57. The summed E-state index contributed by atoms with van der Waals surface area (Å²) in [7, 11) is -8.97. The lowest BCUT2D eigenvalue weighted by Crippen LogP contribution is -2.25. The highest BCUT2D eigenvalue weighted by atomic mass is 31.2. The summed E-state index contributed by atoms with van der Waals surface area (Å²) < 4.78 is 56.8. The maximum atomic E-state index is 14.1. The molecule has 13 heteroatoms. The van der Waals surface area contributed by atoms with E-state index >= 15 is 0 Å². The first-order valence-corrected chi connectivity index (χ1v) is 24.8. The molecule has 0 bridgehead atoms. The van der Waals surface area contributed by atoms with Gasteiger partial charge in [0.15, 0.2) is 5.58 Å². The summed E-state index contributed by atoms with van der Waals surface area (Å²) in [6.45, 7) is 0. The van der Waals surface area contributed by atoms with Crippen LogP contribution in [0.5, 0.6) is 34.5 Å². The standard InChI is InChI=1S/C22H15O4P.C18H13O4P.C12H8O2P/c23-18-13-21(22(24)17-10-2-1-7-14(17)18)27(25)20-12-6-4-9-16(20)15-8-3-5-11-19(15)26-27;19-12-9-10-15(20)18(11-12)23(21)17-8-4-2-6-14(17)13-5-1-3-7-16(13)22-23;13-15-12-8-4-2-6-10(12)9-5-1-3-7-11(9)14-15/h1-13,23-24H;1-11,19-20H;1-8H/q;;+1. The van der Waals surface area contributed by atoms with Crippen molar-refractivity contribution in [3.63, 3.8) is 0 Å². The van der Waals surface area contributed by atoms with Crippen molar-refractivity contribution in [2.24, 2.45) is 0 Å². The molecule has 2 aliphatic heterocycles. The van der Waals surface area contributed by atoms with Gasteiger partial charge in [-0.25, -0.2) is 4.20 Å². The summed E-state index contributed by atoms with van der Waals surface area (Å²) in [4.78, 5) is 0. The van der Waals surface area contributed by atoms with Gasteiger partial charge in [-0.05, 0) is 82.4 Å². The Morgan fingerprint density at radius 1 is 0.400 bits per heavy atom. The van der Waals surface area contributed by atoms with Crippen molar-refractivity contribution in [1.29, 1.82) is 0 Å². The average Bonchev–Trinajstić information content (AvgIpc) is 3.34. The van der Waals surface area contributed by atoms with Crippen LogP contribution in [-0.2, 0) is 13.7 Å². The van der Waals surface area contributed by atoms with Crippen LogP contribution in [0.4, 0.5) is 0 Å². The third-order valence-electron chi connectivity index (χ3n) is 11.3. The summed E-state index contributed by atoms with van der Waals surface area (Å²) in [6, 6.07) is 56.8. The molecule has 0 aliphatic carbocycles. The maximum Gasteiger partial charge on any atom is 0.597 e. The topological polar surface area (TPSA) is 164 Å². The quantitative estimate of drug-likeness (QED) is 0.0745. The molecule has 12 rings (SSSR count). The summed E-state index contributed by atoms with van der Waals surface area (Å²) >= 11 is 0. The second kappa shape index (κ2) is 16.5. The fourth-order valence-electron chi connectivity index (χ4n) is 8.25. The first kappa shape index (κ1) is 41.4. The number of aromatic hydroxyl groups is 4. The van der Waals surface area contributed by atoms with Crippen LogP contribution in [0.3, 0.4) is 0 Å². The number of para-hydroxylation sites is 3. The summed E-state index contributed by atoms with van der Waals surface area (Å²) in [6.07, 6.45) is 0. The Bertz CT molecular complexity index is 3680. The highest BCUT2D eigenvalue weighted by Gasteiger charge is 2.41. The first-order chi connectivity index (χ1) is 31.5. The zero-order valence-electron chi connectivity index (χ0n) is 34.1. The molecule has 3 unspecified atom stereocenters. The van der Waals surface area contributed by atoms with Crippen LogP contribution in [-0.4, -0.2) is 20.4 Å². The van der Waals surface area contributed by atoms with E-state index in [2.05, 4.69) is 0 Å². The minimum atomic E-state index is -3.67. The molecule has 0 fully saturated rings. The zero-order chi connectivity index (χ0) is 44.9. The third kappa shape index (κ3) is 7.19. The van der Waals surface area contributed by atoms with Gasteiger partial charge in [0.2, 0.25) is 5.12 Å². The van der Waals surface area contributed by atoms with Gasteiger partial charge >= 0.3 is 22.4 Å². The van der Waals surface area contributed by atoms with Gasteiger partial charge in [0, 0.05) is 32.7 Å². The van der Waals surface area contributed by atoms with Crippen molar-refractivity contribution in [3.05, 3.63) is 194 Å². The summed E-state index contributed by atoms with van der Waals surface area (Å²) in [5.41, 5.74) is 4.02. The van der Waals surface area contributed by atoms with E-state index < -0.39 is 22.4 Å². The number of hydrogen-bond donors (Lipinski definition) is 4. The molecule has 10 aromatic rings. The second-order valence-corrected chi connectivity index (χ2v) is 20.8. The van der Waals surface area contributed by atoms with Gasteiger partial charge in [0.05, 0.1) is 21.2 Å². The number of rotatable bonds is 2. The molecule has 0 spiro atoms. The Morgan fingerprint density at radius 3 is 1.51 bits per heavy atom. The Hall–Kier alpha value is -7.60. The van der Waals surface area contributed by atoms with Crippen LogP contribution in [0.1, 0.15) is 0 Å². The lowest BCUT2D eigenvalue weighted by molar-refractivity contribution is 0.459. The van der Waals surface area contributed by atoms with Crippen molar-refractivity contribution < 1.29 is 47.4 Å². The van der Waals surface area contributed by atoms with Crippen molar-refractivity contribution >= 4 is 75.9 Å². The van der Waals surface area contributed by atoms with Crippen LogP contribution < -0.4 is 30.3 Å². The van der Waals surface area contributed by atoms with Gasteiger partial charge in [0.1, 0.15) is 34.5 Å². The van der Waals surface area contributed by atoms with E-state index in [0.29, 0.717) is 38.5 Å². The van der Waals surface area contributed by atoms with Crippen LogP contribution >= 0.6 is 22.4 Å². The lowest BCUT2D eigenvalue weighted by Gasteiger charge is -2.29. The highest BCUT2D eigenvalue weighted by molar-refractivity contribution is 7.75. The molecule has 10 nitrogen and oxygen atoms in total. The van der Waals surface area contributed by atoms with E-state index in [1.165, 1.54) is 24.3 Å². The first-order valence-electron chi connectivity index (χ1n) is 20.3. The van der Waals surface area contributed by atoms with Crippen molar-refractivity contribution in [1.82, 2.24) is 0 Å². The van der Waals surface area contributed by atoms with Gasteiger partial charge in [-0.15, -0.1) is 0 Å². The van der Waals surface area contributed by atoms with E-state index in [0.717, 1.165) is 38.1 Å². The van der Waals surface area contributed by atoms with Crippen LogP contribution in [0.25, 0.3) is 54.5 Å². The molecule has 4 N–H and O–H groups in total. The molecule has 3 atom stereocenters. The molecule has 0 saturated heterocycles. The number of benzene rings is 9. The molecule has 0 saturated carbocycles. The van der Waals surface area contributed by atoms with E-state index in [1.54, 1.807) is 66.7 Å². The molecule has 1 aromatic heterocycles. The Kier molecular flexibility index (Phi) is 10.5. The summed E-state index contributed by atoms with van der Waals surface area (Å²) in [5, 5.41) is 46.2. The average molecular weight is 914 g/mol. The Morgan fingerprint density at radius 2 is 0.877 bits per heavy atom. The van der Waals surface area contributed by atoms with Gasteiger partial charge in [0.25, 0.3) is 0 Å². The minimum absolute atomic E-state index is 0.0476. The number of phenols is 4. The van der Waals surface area contributed by atoms with Gasteiger partial charge in [-0.2, -0.15) is 0 Å². The van der Waals surface area contributed by atoms with E-state index in [-0.39, 0.29) is 33.6 Å². The molecule has 65 heavy (non-hydrogen) atoms. The molecular formula is C52H36O10P3+. The maximum absolute atomic E-state index is 14.1. The third-order valence-corrected chi connectivity index (χ3v) is 17.3. The van der Waals surface area contributed by atoms with Crippen LogP contribution in [0, 0.1) is 0 Å². The van der Waals surface area contributed by atoms with E-state index in [1.807, 2.05) is 103 Å². The van der Waals surface area contributed by atoms with E-state index in [4.69, 9.17) is 13.2 Å². The predicted octanol–water partition coefficient (Wildman–Crippen LogP) is 12.3. The SMILES string of the molecule is O=P1(c2cc(O)c3ccccc3c2O)Oc2ccccc2-c2ccccc21.O=P1(c2cc(O)ccc2O)Oc2ccccc2-c2ccccc21.O=[p+]1oc2ccccc2c2ccccc21. The number of fused-ring (bicyclic) bond motifs is 10. The van der Waals surface area contributed by atoms with Crippen molar-refractivity contribution in [3.8, 4) is 56.8 Å². The number of phenolic OH excluding ortho intramolecular Hbond substituents is 4. The minimum Gasteiger partial charge on any atom is -0.508 e. The smallest absolute Gasteiger partial charge is 0.508 e. The molecule has 3 heterocycles. The van der Waals surface area contributed by atoms with Gasteiger partial charge < -0.3 is 29.5 Å². The number of hydrogen-bond acceptors (Lipinski definition) is 10. The van der Waals surface area contributed by atoms with Gasteiger partial charge in [-0.3, -0.25) is 9.13 Å². The molecule has 0 radical (unpaired) electrons. The van der Waals surface area contributed by atoms with Crippen LogP contribution in [0.15, 0.2) is 198 Å². The molecule has 318 valence electrons. The van der Waals surface area contributed by atoms with E-state index in [9.17, 15) is 34.1 Å².